The van der Waals surface area contributed by atoms with Crippen molar-refractivity contribution in [2.45, 2.75) is 43.8 Å². The molecule has 0 saturated heterocycles. The molecule has 0 saturated carbocycles. The number of rotatable bonds is 4. The molecule has 0 radical (unpaired) electrons. The molecule has 6 heteroatoms. The number of hydrogen-bond acceptors (Lipinski definition) is 3. The summed E-state index contributed by atoms with van der Waals surface area (Å²) in [4.78, 5) is 0.469. The molecule has 0 aliphatic carbocycles. The van der Waals surface area contributed by atoms with Crippen LogP contribution in [-0.4, -0.2) is 19.6 Å². The lowest BCUT2D eigenvalue weighted by Crippen LogP contribution is -2.54. The summed E-state index contributed by atoms with van der Waals surface area (Å²) in [5.74, 6) is 0.620. The highest BCUT2D eigenvalue weighted by atomic mass is 32.2. The zero-order valence-electron chi connectivity index (χ0n) is 12.5. The summed E-state index contributed by atoms with van der Waals surface area (Å²) in [6.45, 7) is 10.6. The van der Waals surface area contributed by atoms with Gasteiger partial charge in [0.05, 0.1) is 12.0 Å². The lowest BCUT2D eigenvalue weighted by Gasteiger charge is -2.37. The van der Waals surface area contributed by atoms with E-state index in [1.807, 2.05) is 0 Å². The van der Waals surface area contributed by atoms with Gasteiger partial charge in [-0.05, 0) is 23.2 Å². The van der Waals surface area contributed by atoms with Gasteiger partial charge in [-0.15, -0.1) is 0 Å². The summed E-state index contributed by atoms with van der Waals surface area (Å²) in [5, 5.41) is 0.0234. The van der Waals surface area contributed by atoms with Crippen LogP contribution >= 0.6 is 0 Å². The van der Waals surface area contributed by atoms with Crippen molar-refractivity contribution in [1.29, 1.82) is 4.78 Å². The third-order valence-corrected chi connectivity index (χ3v) is 11.5. The fourth-order valence-corrected chi connectivity index (χ4v) is 6.47. The van der Waals surface area contributed by atoms with Crippen LogP contribution in [0.4, 0.5) is 0 Å². The standard InChI is InChI=1S/C13H24N2O2SSi/c1-13(2,3)19(5,6)15-18(14,16)12-9-7-8-11(10-12)17-4/h7-10H,1-6H3,(H2,14,15,16). The average molecular weight is 301 g/mol. The molecule has 1 aromatic rings. The topological polar surface area (TPSA) is 62.2 Å². The second kappa shape index (κ2) is 5.26. The van der Waals surface area contributed by atoms with E-state index in [4.69, 9.17) is 9.52 Å². The minimum atomic E-state index is -3.00. The molecule has 19 heavy (non-hydrogen) atoms. The van der Waals surface area contributed by atoms with Crippen LogP contribution in [0.5, 0.6) is 5.75 Å². The quantitative estimate of drug-likeness (QED) is 0.834. The molecule has 0 heterocycles. The highest BCUT2D eigenvalue weighted by molar-refractivity contribution is 7.92. The van der Waals surface area contributed by atoms with Crippen LogP contribution in [0.25, 0.3) is 0 Å². The second-order valence-electron chi connectivity index (χ2n) is 6.21. The first-order chi connectivity index (χ1) is 8.49. The minimum Gasteiger partial charge on any atom is -0.497 e. The Bertz CT molecular complexity index is 548. The summed E-state index contributed by atoms with van der Waals surface area (Å²) in [6.07, 6.45) is 0. The molecule has 2 N–H and O–H groups in total. The van der Waals surface area contributed by atoms with Crippen LogP contribution in [0.3, 0.4) is 0 Å². The highest BCUT2D eigenvalue weighted by Gasteiger charge is 2.38. The van der Waals surface area contributed by atoms with Gasteiger partial charge in [0, 0.05) is 0 Å². The van der Waals surface area contributed by atoms with E-state index in [-0.39, 0.29) is 5.04 Å². The molecule has 1 atom stereocenters. The Morgan fingerprint density at radius 1 is 1.32 bits per heavy atom. The summed E-state index contributed by atoms with van der Waals surface area (Å²) in [5.41, 5.74) is 0. The van der Waals surface area contributed by atoms with Crippen molar-refractivity contribution in [3.63, 3.8) is 0 Å². The predicted octanol–water partition coefficient (Wildman–Crippen LogP) is 3.61. The lowest BCUT2D eigenvalue weighted by atomic mass is 10.2. The first-order valence-corrected chi connectivity index (χ1v) is 10.8. The maximum absolute atomic E-state index is 12.7. The number of nitrogens with one attached hydrogen (secondary N) is 2. The van der Waals surface area contributed by atoms with Gasteiger partial charge in [-0.2, -0.15) is 0 Å². The van der Waals surface area contributed by atoms with E-state index in [0.29, 0.717) is 10.6 Å². The fraction of sp³-hybridized carbons (Fsp3) is 0.538. The van der Waals surface area contributed by atoms with Crippen LogP contribution in [0.2, 0.25) is 18.1 Å². The molecule has 0 aromatic heterocycles. The lowest BCUT2D eigenvalue weighted by molar-refractivity contribution is 0.413. The van der Waals surface area contributed by atoms with Gasteiger partial charge >= 0.3 is 0 Å². The first-order valence-electron chi connectivity index (χ1n) is 6.21. The molecular weight excluding hydrogens is 276 g/mol. The Balaban J connectivity index is 3.12. The van der Waals surface area contributed by atoms with E-state index in [2.05, 4.69) is 38.3 Å². The summed E-state index contributed by atoms with van der Waals surface area (Å²) < 4.78 is 29.1. The van der Waals surface area contributed by atoms with Gasteiger partial charge in [-0.25, -0.2) is 13.4 Å². The monoisotopic (exact) mass is 300 g/mol. The zero-order valence-corrected chi connectivity index (χ0v) is 14.4. The Labute approximate surface area is 117 Å². The average Bonchev–Trinajstić information content (AvgIpc) is 2.26. The smallest absolute Gasteiger partial charge is 0.140 e. The number of hydrogen-bond donors (Lipinski definition) is 2. The predicted molar refractivity (Wildman–Crippen MR) is 82.5 cm³/mol. The Hall–Kier alpha value is -0.853. The largest absolute Gasteiger partial charge is 0.497 e. The van der Waals surface area contributed by atoms with Gasteiger partial charge in [-0.3, -0.25) is 0 Å². The van der Waals surface area contributed by atoms with E-state index >= 15 is 0 Å². The normalized spacial score (nSPS) is 15.9. The van der Waals surface area contributed by atoms with Gasteiger partial charge in [-0.1, -0.05) is 39.9 Å². The molecule has 1 rings (SSSR count). The molecule has 0 spiro atoms. The number of methoxy groups -OCH3 is 1. The van der Waals surface area contributed by atoms with Gasteiger partial charge in [0.2, 0.25) is 0 Å². The van der Waals surface area contributed by atoms with Crippen molar-refractivity contribution in [3.05, 3.63) is 24.3 Å². The summed E-state index contributed by atoms with van der Waals surface area (Å²) in [7, 11) is -3.44. The molecule has 4 nitrogen and oxygen atoms in total. The maximum Gasteiger partial charge on any atom is 0.140 e. The van der Waals surface area contributed by atoms with Crippen LogP contribution in [-0.2, 0) is 9.92 Å². The van der Waals surface area contributed by atoms with Crippen LogP contribution in [0.15, 0.2) is 29.2 Å². The summed E-state index contributed by atoms with van der Waals surface area (Å²) >= 11 is 0. The maximum atomic E-state index is 12.7. The van der Waals surface area contributed by atoms with Crippen LogP contribution in [0, 0.1) is 4.78 Å². The fourth-order valence-electron chi connectivity index (χ4n) is 1.35. The van der Waals surface area contributed by atoms with Crippen molar-refractivity contribution in [3.8, 4) is 5.75 Å². The summed E-state index contributed by atoms with van der Waals surface area (Å²) in [6, 6.07) is 6.91. The molecule has 0 aliphatic heterocycles. The van der Waals surface area contributed by atoms with E-state index in [1.165, 1.54) is 0 Å². The first kappa shape index (κ1) is 16.2. The molecule has 0 aliphatic rings. The van der Waals surface area contributed by atoms with E-state index in [1.54, 1.807) is 31.4 Å². The second-order valence-corrected chi connectivity index (χ2v) is 13.4. The van der Waals surface area contributed by atoms with Gasteiger partial charge in [0.25, 0.3) is 0 Å². The van der Waals surface area contributed by atoms with Gasteiger partial charge in [0.15, 0.2) is 0 Å². The third-order valence-electron chi connectivity index (χ3n) is 3.65. The van der Waals surface area contributed by atoms with E-state index in [0.717, 1.165) is 0 Å². The van der Waals surface area contributed by atoms with Crippen molar-refractivity contribution in [1.82, 2.24) is 4.39 Å². The van der Waals surface area contributed by atoms with Gasteiger partial charge in [0.1, 0.15) is 23.9 Å². The van der Waals surface area contributed by atoms with Crippen molar-refractivity contribution in [2.75, 3.05) is 7.11 Å². The Morgan fingerprint density at radius 2 is 1.89 bits per heavy atom. The zero-order chi connectivity index (χ0) is 14.9. The molecule has 0 bridgehead atoms. The SMILES string of the molecule is COc1cccc(S(=N)(=O)N[Si](C)(C)C(C)(C)C)c1. The molecule has 108 valence electrons. The van der Waals surface area contributed by atoms with Crippen molar-refractivity contribution >= 4 is 18.2 Å². The molecule has 1 unspecified atom stereocenters. The van der Waals surface area contributed by atoms with Crippen molar-refractivity contribution < 1.29 is 8.95 Å². The Morgan fingerprint density at radius 3 is 2.37 bits per heavy atom. The van der Waals surface area contributed by atoms with Gasteiger partial charge < -0.3 is 4.74 Å². The highest BCUT2D eigenvalue weighted by Crippen LogP contribution is 2.35. The van der Waals surface area contributed by atoms with Crippen LogP contribution < -0.4 is 9.12 Å². The van der Waals surface area contributed by atoms with E-state index in [9.17, 15) is 4.21 Å². The minimum absolute atomic E-state index is 0.0234. The van der Waals surface area contributed by atoms with Crippen molar-refractivity contribution in [2.24, 2.45) is 0 Å². The third kappa shape index (κ3) is 3.81. The molecule has 0 amide bonds. The number of benzene rings is 1. The number of ether oxygens (including phenoxy) is 1. The molecule has 0 fully saturated rings. The Kier molecular flexibility index (Phi) is 4.49. The molecular formula is C13H24N2O2SSi. The molecule has 1 aromatic carbocycles. The van der Waals surface area contributed by atoms with E-state index < -0.39 is 18.2 Å². The van der Waals surface area contributed by atoms with Crippen LogP contribution in [0.1, 0.15) is 20.8 Å².